The number of amides is 1. The number of nitrogens with one attached hydrogen (secondary N) is 1. The van der Waals surface area contributed by atoms with E-state index >= 15 is 0 Å². The first-order valence-corrected chi connectivity index (χ1v) is 24.5. The van der Waals surface area contributed by atoms with Gasteiger partial charge in [-0.2, -0.15) is 0 Å². The average Bonchev–Trinajstić information content (AvgIpc) is 3.18. The minimum atomic E-state index is -1.01. The first-order valence-electron chi connectivity index (χ1n) is 24.5. The summed E-state index contributed by atoms with van der Waals surface area (Å²) in [5, 5.41) is 12.0. The maximum Gasteiger partial charge on any atom is 0.326 e. The molecule has 0 spiro atoms. The van der Waals surface area contributed by atoms with E-state index in [1.807, 2.05) is 0 Å². The summed E-state index contributed by atoms with van der Waals surface area (Å²) in [6, 6.07) is -0.868. The molecule has 0 bridgehead atoms. The summed E-state index contributed by atoms with van der Waals surface area (Å²) >= 11 is 0. The molecule has 0 rings (SSSR count). The third-order valence-electron chi connectivity index (χ3n) is 11.3. The molecule has 0 saturated carbocycles. The fourth-order valence-corrected chi connectivity index (χ4v) is 7.60. The molecule has 4 N–H and O–H groups in total. The van der Waals surface area contributed by atoms with E-state index in [4.69, 9.17) is 10.5 Å². The zero-order valence-electron chi connectivity index (χ0n) is 37.3. The fourth-order valence-electron chi connectivity index (χ4n) is 7.60. The summed E-state index contributed by atoms with van der Waals surface area (Å²) in [4.78, 5) is 36.4. The van der Waals surface area contributed by atoms with Crippen molar-refractivity contribution in [3.8, 4) is 0 Å². The molecule has 0 radical (unpaired) electrons. The van der Waals surface area contributed by atoms with E-state index in [-0.39, 0.29) is 18.0 Å². The molecule has 0 saturated heterocycles. The number of carbonyl (C=O) groups is 3. The lowest BCUT2D eigenvalue weighted by Crippen LogP contribution is -2.40. The molecule has 2 atom stereocenters. The molecule has 2 unspecified atom stereocenters. The molecule has 0 heterocycles. The summed E-state index contributed by atoms with van der Waals surface area (Å²) in [7, 11) is 0. The van der Waals surface area contributed by atoms with Crippen LogP contribution in [0.4, 0.5) is 0 Å². The highest BCUT2D eigenvalue weighted by Crippen LogP contribution is 2.17. The van der Waals surface area contributed by atoms with Gasteiger partial charge in [0.2, 0.25) is 5.91 Å². The number of nitrogens with two attached hydrogens (primary N) is 1. The molecule has 1 amide bonds. The van der Waals surface area contributed by atoms with Crippen molar-refractivity contribution >= 4 is 17.8 Å². The van der Waals surface area contributed by atoms with Gasteiger partial charge in [0.05, 0.1) is 0 Å². The van der Waals surface area contributed by atoms with Gasteiger partial charge in [0.1, 0.15) is 12.1 Å². The van der Waals surface area contributed by atoms with Crippen molar-refractivity contribution in [3.05, 3.63) is 12.2 Å². The Morgan fingerprint density at radius 1 is 0.518 bits per heavy atom. The number of allylic oxidation sites excluding steroid dienone is 1. The Labute approximate surface area is 347 Å². The number of unbranched alkanes of at least 4 members (excludes halogenated alkanes) is 31. The van der Waals surface area contributed by atoms with Crippen molar-refractivity contribution < 1.29 is 24.2 Å². The molecule has 7 heteroatoms. The second-order valence-electron chi connectivity index (χ2n) is 16.9. The number of carboxylic acid groups (broad SMARTS) is 1. The largest absolute Gasteiger partial charge is 0.480 e. The molecule has 7 nitrogen and oxygen atoms in total. The smallest absolute Gasteiger partial charge is 0.326 e. The second-order valence-corrected chi connectivity index (χ2v) is 16.9. The van der Waals surface area contributed by atoms with E-state index in [0.717, 1.165) is 44.9 Å². The lowest BCUT2D eigenvalue weighted by atomic mass is 10.0. The van der Waals surface area contributed by atoms with Gasteiger partial charge >= 0.3 is 11.9 Å². The van der Waals surface area contributed by atoms with E-state index < -0.39 is 12.0 Å². The van der Waals surface area contributed by atoms with Gasteiger partial charge in [0.25, 0.3) is 0 Å². The highest BCUT2D eigenvalue weighted by molar-refractivity contribution is 5.83. The molecule has 0 aromatic heterocycles. The Morgan fingerprint density at radius 3 is 1.34 bits per heavy atom. The zero-order valence-corrected chi connectivity index (χ0v) is 37.3. The molecule has 0 aliphatic carbocycles. The summed E-state index contributed by atoms with van der Waals surface area (Å²) in [6.07, 6.45) is 50.1. The maximum absolute atomic E-state index is 12.8. The van der Waals surface area contributed by atoms with Crippen LogP contribution in [0.25, 0.3) is 0 Å². The van der Waals surface area contributed by atoms with Gasteiger partial charge in [-0.15, -0.1) is 0 Å². The third-order valence-corrected chi connectivity index (χ3v) is 11.3. The first kappa shape index (κ1) is 54.1. The molecule has 0 fully saturated rings. The van der Waals surface area contributed by atoms with Crippen LogP contribution in [0.5, 0.6) is 0 Å². The Bertz CT molecular complexity index is 894. The van der Waals surface area contributed by atoms with Crippen LogP contribution in [0, 0.1) is 0 Å². The second kappa shape index (κ2) is 44.2. The number of hydrogen-bond acceptors (Lipinski definition) is 5. The molecule has 0 aliphatic heterocycles. The van der Waals surface area contributed by atoms with Crippen molar-refractivity contribution in [3.63, 3.8) is 0 Å². The van der Waals surface area contributed by atoms with Crippen LogP contribution in [0.1, 0.15) is 264 Å². The lowest BCUT2D eigenvalue weighted by molar-refractivity contribution is -0.147. The monoisotopic (exact) mass is 791 g/mol. The van der Waals surface area contributed by atoms with Crippen LogP contribution in [-0.2, 0) is 19.1 Å². The summed E-state index contributed by atoms with van der Waals surface area (Å²) in [6.45, 7) is 4.95. The zero-order chi connectivity index (χ0) is 41.0. The molecular formula is C49H94N2O5. The fraction of sp³-hybridized carbons (Fsp3) is 0.898. The number of carbonyl (C=O) groups excluding carboxylic acids is 2. The van der Waals surface area contributed by atoms with Gasteiger partial charge in [-0.05, 0) is 64.0 Å². The van der Waals surface area contributed by atoms with Crippen molar-refractivity contribution in [2.24, 2.45) is 5.73 Å². The topological polar surface area (TPSA) is 119 Å². The van der Waals surface area contributed by atoms with Crippen LogP contribution in [-0.4, -0.2) is 41.6 Å². The highest BCUT2D eigenvalue weighted by Gasteiger charge is 2.19. The van der Waals surface area contributed by atoms with Gasteiger partial charge in [-0.25, -0.2) is 4.79 Å². The van der Waals surface area contributed by atoms with Gasteiger partial charge in [-0.3, -0.25) is 9.59 Å². The predicted octanol–water partition coefficient (Wildman–Crippen LogP) is 14.2. The Balaban J connectivity index is 4.09. The quantitative estimate of drug-likeness (QED) is 0.0321. The summed E-state index contributed by atoms with van der Waals surface area (Å²) in [5.74, 6) is -1.31. The van der Waals surface area contributed by atoms with Gasteiger partial charge in [-0.1, -0.05) is 206 Å². The normalized spacial score (nSPS) is 12.6. The summed E-state index contributed by atoms with van der Waals surface area (Å²) < 4.78 is 5.96. The van der Waals surface area contributed by atoms with Crippen LogP contribution in [0.3, 0.4) is 0 Å². The van der Waals surface area contributed by atoms with Crippen molar-refractivity contribution in [2.45, 2.75) is 276 Å². The summed E-state index contributed by atoms with van der Waals surface area (Å²) in [5.41, 5.74) is 5.49. The van der Waals surface area contributed by atoms with E-state index in [9.17, 15) is 19.5 Å². The molecular weight excluding hydrogens is 697 g/mol. The molecule has 56 heavy (non-hydrogen) atoms. The van der Waals surface area contributed by atoms with Crippen LogP contribution in [0.15, 0.2) is 12.2 Å². The van der Waals surface area contributed by atoms with E-state index in [1.165, 1.54) is 173 Å². The molecule has 330 valence electrons. The molecule has 0 aromatic carbocycles. The number of aliphatic carboxylic acids is 1. The maximum atomic E-state index is 12.8. The first-order chi connectivity index (χ1) is 27.4. The minimum Gasteiger partial charge on any atom is -0.480 e. The van der Waals surface area contributed by atoms with E-state index in [1.54, 1.807) is 0 Å². The van der Waals surface area contributed by atoms with Crippen LogP contribution < -0.4 is 11.1 Å². The van der Waals surface area contributed by atoms with Crippen LogP contribution in [0.2, 0.25) is 0 Å². The van der Waals surface area contributed by atoms with Gasteiger partial charge in [0, 0.05) is 12.8 Å². The highest BCUT2D eigenvalue weighted by atomic mass is 16.5. The number of rotatable bonds is 45. The van der Waals surface area contributed by atoms with Crippen molar-refractivity contribution in [2.75, 3.05) is 6.54 Å². The lowest BCUT2D eigenvalue weighted by Gasteiger charge is -2.15. The number of carboxylic acids is 1. The molecule has 0 aromatic rings. The number of esters is 1. The molecule has 0 aliphatic rings. The Morgan fingerprint density at radius 2 is 0.911 bits per heavy atom. The van der Waals surface area contributed by atoms with Gasteiger partial charge < -0.3 is 20.9 Å². The SMILES string of the molecule is CCCCCCCCC/C=C\C(CCCCCCC(=O)NC(CCCN)C(=O)O)OC(=O)CCCCCCCCCCCCCCCCCCCCCCCC. The third kappa shape index (κ3) is 40.3. The Kier molecular flexibility index (Phi) is 42.7. The number of hydrogen-bond donors (Lipinski definition) is 3. The van der Waals surface area contributed by atoms with Crippen LogP contribution >= 0.6 is 0 Å². The van der Waals surface area contributed by atoms with Crippen molar-refractivity contribution in [1.82, 2.24) is 5.32 Å². The Hall–Kier alpha value is -1.89. The standard InChI is InChI=1S/C49H94N2O5/c1-3-5-7-9-11-13-14-15-16-17-18-19-20-21-22-23-24-25-27-29-31-37-43-48(53)56-45(39-34-30-28-26-12-10-8-6-4-2)40-35-32-33-36-42-47(52)51-46(49(54)55)41-38-44-50/h34,39,45-46H,3-33,35-38,40-44,50H2,1-2H3,(H,51,52)(H,54,55)/b39-34-. The average molecular weight is 791 g/mol. The van der Waals surface area contributed by atoms with E-state index in [0.29, 0.717) is 38.6 Å². The predicted molar refractivity (Wildman–Crippen MR) is 239 cm³/mol. The number of ether oxygens (including phenoxy) is 1. The minimum absolute atomic E-state index is 0.0805. The van der Waals surface area contributed by atoms with Gasteiger partial charge in [0.15, 0.2) is 0 Å². The van der Waals surface area contributed by atoms with E-state index in [2.05, 4.69) is 31.3 Å². The van der Waals surface area contributed by atoms with Crippen molar-refractivity contribution in [1.29, 1.82) is 0 Å².